The molecule has 6 heteroatoms. The molecule has 4 rings (SSSR count). The molecular weight excluding hydrogens is 320 g/mol. The first-order valence-electron chi connectivity index (χ1n) is 8.49. The fourth-order valence-corrected chi connectivity index (χ4v) is 3.69. The van der Waals surface area contributed by atoms with Crippen molar-refractivity contribution in [3.63, 3.8) is 0 Å². The number of ether oxygens (including phenoxy) is 2. The normalized spacial score (nSPS) is 18.9. The second kappa shape index (κ2) is 6.37. The smallest absolute Gasteiger partial charge is 0.270 e. The van der Waals surface area contributed by atoms with Crippen LogP contribution < -0.4 is 9.64 Å². The van der Waals surface area contributed by atoms with E-state index in [0.717, 1.165) is 29.7 Å². The molecule has 1 unspecified atom stereocenters. The van der Waals surface area contributed by atoms with Gasteiger partial charge in [-0.15, -0.1) is 0 Å². The van der Waals surface area contributed by atoms with Gasteiger partial charge in [-0.3, -0.25) is 10.1 Å². The molecule has 0 aromatic heterocycles. The molecule has 0 fully saturated rings. The van der Waals surface area contributed by atoms with Gasteiger partial charge in [0.2, 0.25) is 0 Å². The summed E-state index contributed by atoms with van der Waals surface area (Å²) in [5, 5.41) is 11.3. The van der Waals surface area contributed by atoms with Gasteiger partial charge in [-0.2, -0.15) is 0 Å². The molecule has 1 atom stereocenters. The first kappa shape index (κ1) is 15.9. The van der Waals surface area contributed by atoms with Crippen molar-refractivity contribution in [3.05, 3.63) is 63.2 Å². The summed E-state index contributed by atoms with van der Waals surface area (Å²) < 4.78 is 11.0. The van der Waals surface area contributed by atoms with Crippen LogP contribution in [0, 0.1) is 10.1 Å². The number of hydrogen-bond acceptors (Lipinski definition) is 5. The molecule has 2 aromatic rings. The minimum Gasteiger partial charge on any atom is -0.467 e. The zero-order valence-corrected chi connectivity index (χ0v) is 14.1. The fourth-order valence-electron chi connectivity index (χ4n) is 3.69. The summed E-state index contributed by atoms with van der Waals surface area (Å²) in [5.41, 5.74) is 4.20. The number of nitro benzene ring substituents is 1. The van der Waals surface area contributed by atoms with Crippen molar-refractivity contribution in [1.29, 1.82) is 0 Å². The summed E-state index contributed by atoms with van der Waals surface area (Å²) in [6.45, 7) is 3.31. The van der Waals surface area contributed by atoms with Crippen LogP contribution >= 0.6 is 0 Å². The Morgan fingerprint density at radius 1 is 1.28 bits per heavy atom. The van der Waals surface area contributed by atoms with Gasteiger partial charge in [-0.05, 0) is 31.4 Å². The average Bonchev–Trinajstić information content (AvgIpc) is 2.63. The zero-order valence-electron chi connectivity index (χ0n) is 14.1. The highest BCUT2D eigenvalue weighted by molar-refractivity contribution is 5.59. The van der Waals surface area contributed by atoms with Crippen molar-refractivity contribution >= 4 is 11.4 Å². The number of anilines is 1. The van der Waals surface area contributed by atoms with Crippen molar-refractivity contribution in [3.8, 4) is 5.75 Å². The summed E-state index contributed by atoms with van der Waals surface area (Å²) in [6, 6.07) is 11.9. The van der Waals surface area contributed by atoms with Crippen LogP contribution in [0.1, 0.15) is 30.0 Å². The van der Waals surface area contributed by atoms with Gasteiger partial charge in [0.1, 0.15) is 5.75 Å². The first-order chi connectivity index (χ1) is 12.1. The monoisotopic (exact) mass is 340 g/mol. The quantitative estimate of drug-likeness (QED) is 0.628. The lowest BCUT2D eigenvalue weighted by atomic mass is 9.95. The van der Waals surface area contributed by atoms with Gasteiger partial charge in [0.05, 0.1) is 11.5 Å². The summed E-state index contributed by atoms with van der Waals surface area (Å²) in [7, 11) is 0. The number of aryl methyl sites for hydroxylation is 1. The summed E-state index contributed by atoms with van der Waals surface area (Å²) >= 11 is 0. The van der Waals surface area contributed by atoms with E-state index < -0.39 is 0 Å². The number of fused-ring (bicyclic) bond motifs is 2. The molecule has 2 aliphatic rings. The molecule has 0 spiro atoms. The molecule has 2 aromatic carbocycles. The van der Waals surface area contributed by atoms with E-state index in [1.165, 1.54) is 11.3 Å². The van der Waals surface area contributed by atoms with Gasteiger partial charge in [0.25, 0.3) is 5.69 Å². The van der Waals surface area contributed by atoms with E-state index in [1.54, 1.807) is 12.1 Å². The Bertz CT molecular complexity index is 821. The Hall–Kier alpha value is -2.60. The topological polar surface area (TPSA) is 64.8 Å². The fraction of sp³-hybridized carbons (Fsp3) is 0.368. The van der Waals surface area contributed by atoms with Crippen molar-refractivity contribution in [2.24, 2.45) is 0 Å². The highest BCUT2D eigenvalue weighted by Crippen LogP contribution is 2.37. The number of nitrogens with zero attached hydrogens (tertiary/aromatic N) is 2. The van der Waals surface area contributed by atoms with Crippen LogP contribution in [0.4, 0.5) is 11.4 Å². The van der Waals surface area contributed by atoms with Crippen LogP contribution in [-0.2, 0) is 24.3 Å². The third-order valence-corrected chi connectivity index (χ3v) is 4.99. The summed E-state index contributed by atoms with van der Waals surface area (Å²) in [6.07, 6.45) is 2.13. The Morgan fingerprint density at radius 3 is 2.96 bits per heavy atom. The van der Waals surface area contributed by atoms with Gasteiger partial charge >= 0.3 is 0 Å². The van der Waals surface area contributed by atoms with Crippen LogP contribution in [0.3, 0.4) is 0 Å². The van der Waals surface area contributed by atoms with Gasteiger partial charge in [0.15, 0.2) is 6.79 Å². The first-order valence-corrected chi connectivity index (χ1v) is 8.49. The second-order valence-corrected chi connectivity index (χ2v) is 6.61. The Balaban J connectivity index is 1.75. The highest BCUT2D eigenvalue weighted by Gasteiger charge is 2.27. The van der Waals surface area contributed by atoms with E-state index in [4.69, 9.17) is 9.47 Å². The van der Waals surface area contributed by atoms with Gasteiger partial charge in [-0.25, -0.2) is 0 Å². The van der Waals surface area contributed by atoms with Crippen LogP contribution in [0.5, 0.6) is 5.75 Å². The van der Waals surface area contributed by atoms with E-state index in [0.29, 0.717) is 19.2 Å². The lowest BCUT2D eigenvalue weighted by molar-refractivity contribution is -0.385. The largest absolute Gasteiger partial charge is 0.467 e. The van der Waals surface area contributed by atoms with Gasteiger partial charge in [0, 0.05) is 41.5 Å². The van der Waals surface area contributed by atoms with Gasteiger partial charge in [-0.1, -0.05) is 18.2 Å². The second-order valence-electron chi connectivity index (χ2n) is 6.61. The molecule has 0 aliphatic carbocycles. The van der Waals surface area contributed by atoms with E-state index in [-0.39, 0.29) is 17.4 Å². The standard InChI is InChI=1S/C19H20N2O4/c1-13-6-7-14-4-2-3-5-18(14)20(13)10-15-8-17(21(22)23)9-16-11-24-12-25-19(15)16/h2-5,8-9,13H,6-7,10-12H2,1H3. The Morgan fingerprint density at radius 2 is 2.12 bits per heavy atom. The molecule has 0 saturated heterocycles. The SMILES string of the molecule is CC1CCc2ccccc2N1Cc1cc([N+](=O)[O-])cc2c1OCOC2. The summed E-state index contributed by atoms with van der Waals surface area (Å²) in [5.74, 6) is 0.729. The molecule has 0 saturated carbocycles. The lowest BCUT2D eigenvalue weighted by Gasteiger charge is -2.37. The number of rotatable bonds is 3. The Labute approximate surface area is 146 Å². The molecule has 130 valence electrons. The predicted octanol–water partition coefficient (Wildman–Crippen LogP) is 3.80. The van der Waals surface area contributed by atoms with Crippen molar-refractivity contribution < 1.29 is 14.4 Å². The highest BCUT2D eigenvalue weighted by atomic mass is 16.7. The molecular formula is C19H20N2O4. The number of nitro groups is 1. The number of benzene rings is 2. The van der Waals surface area contributed by atoms with Crippen LogP contribution in [0.2, 0.25) is 0 Å². The average molecular weight is 340 g/mol. The third-order valence-electron chi connectivity index (χ3n) is 4.99. The molecule has 0 N–H and O–H groups in total. The van der Waals surface area contributed by atoms with Crippen LogP contribution in [0.25, 0.3) is 0 Å². The van der Waals surface area contributed by atoms with Gasteiger partial charge < -0.3 is 14.4 Å². The van der Waals surface area contributed by atoms with E-state index >= 15 is 0 Å². The molecule has 0 amide bonds. The predicted molar refractivity (Wildman–Crippen MR) is 93.8 cm³/mol. The molecule has 25 heavy (non-hydrogen) atoms. The maximum absolute atomic E-state index is 11.3. The Kier molecular flexibility index (Phi) is 4.05. The molecule has 2 aliphatic heterocycles. The molecule has 6 nitrogen and oxygen atoms in total. The van der Waals surface area contributed by atoms with Crippen molar-refractivity contribution in [2.75, 3.05) is 11.7 Å². The molecule has 0 radical (unpaired) electrons. The molecule has 2 heterocycles. The van der Waals surface area contributed by atoms with Crippen LogP contribution in [0.15, 0.2) is 36.4 Å². The summed E-state index contributed by atoms with van der Waals surface area (Å²) in [4.78, 5) is 13.3. The van der Waals surface area contributed by atoms with E-state index in [1.807, 2.05) is 6.07 Å². The maximum atomic E-state index is 11.3. The van der Waals surface area contributed by atoms with E-state index in [9.17, 15) is 10.1 Å². The van der Waals surface area contributed by atoms with Crippen molar-refractivity contribution in [2.45, 2.75) is 39.0 Å². The number of hydrogen-bond donors (Lipinski definition) is 0. The van der Waals surface area contributed by atoms with E-state index in [2.05, 4.69) is 30.0 Å². The molecule has 0 bridgehead atoms. The number of non-ortho nitro benzene ring substituents is 1. The number of para-hydroxylation sites is 1. The third kappa shape index (κ3) is 2.93. The minimum absolute atomic E-state index is 0.0841. The maximum Gasteiger partial charge on any atom is 0.270 e. The zero-order chi connectivity index (χ0) is 17.4. The van der Waals surface area contributed by atoms with Crippen LogP contribution in [-0.4, -0.2) is 17.8 Å². The minimum atomic E-state index is -0.355. The van der Waals surface area contributed by atoms with Crippen molar-refractivity contribution in [1.82, 2.24) is 0 Å². The lowest BCUT2D eigenvalue weighted by Crippen LogP contribution is -2.37.